The van der Waals surface area contributed by atoms with Crippen LogP contribution in [0, 0.1) is 24.6 Å². The molecule has 6 rings (SSSR count). The number of halogens is 1. The van der Waals surface area contributed by atoms with Gasteiger partial charge in [0, 0.05) is 60.5 Å². The molecule has 0 bridgehead atoms. The summed E-state index contributed by atoms with van der Waals surface area (Å²) in [5.41, 5.74) is 9.81. The van der Waals surface area contributed by atoms with E-state index in [2.05, 4.69) is 32.6 Å². The van der Waals surface area contributed by atoms with E-state index in [1.807, 2.05) is 26.4 Å². The zero-order valence-corrected chi connectivity index (χ0v) is 20.9. The molecule has 4 heterocycles. The summed E-state index contributed by atoms with van der Waals surface area (Å²) in [4.78, 5) is 21.9. The predicted molar refractivity (Wildman–Crippen MR) is 140 cm³/mol. The summed E-state index contributed by atoms with van der Waals surface area (Å²) >= 11 is 0. The minimum Gasteiger partial charge on any atom is -0.474 e. The van der Waals surface area contributed by atoms with E-state index in [1.165, 1.54) is 6.20 Å². The lowest BCUT2D eigenvalue weighted by Crippen LogP contribution is -2.20. The summed E-state index contributed by atoms with van der Waals surface area (Å²) in [5.74, 6) is 0.562. The molecule has 10 heteroatoms. The molecule has 1 amide bonds. The molecule has 0 saturated heterocycles. The van der Waals surface area contributed by atoms with Gasteiger partial charge in [0.1, 0.15) is 18.1 Å². The van der Waals surface area contributed by atoms with Gasteiger partial charge in [-0.1, -0.05) is 13.3 Å². The number of amides is 1. The lowest BCUT2D eigenvalue weighted by atomic mass is 9.97. The van der Waals surface area contributed by atoms with Crippen LogP contribution in [0.25, 0.3) is 21.9 Å². The van der Waals surface area contributed by atoms with Gasteiger partial charge in [0.05, 0.1) is 11.9 Å². The van der Waals surface area contributed by atoms with Crippen molar-refractivity contribution >= 4 is 33.9 Å². The van der Waals surface area contributed by atoms with Gasteiger partial charge >= 0.3 is 0 Å². The standard InChI is InChI=1S/C27H28FN7O2/c1-4-16-21(15-9-33-35(3)12-15)22(16)26(36)34-20-8-14-7-17(23(28)24(29)19(14)11-31-20)18-10-32-27-25(13(18)2)30-5-6-37-27/h7-12,16,21-22,30H,4-6,29H2,1-3H3,(H,31,34,36)/t16-,21+,22+/m1/s1. The third-order valence-electron chi connectivity index (χ3n) is 7.54. The van der Waals surface area contributed by atoms with Gasteiger partial charge in [-0.25, -0.2) is 14.4 Å². The summed E-state index contributed by atoms with van der Waals surface area (Å²) in [6.45, 7) is 5.17. The largest absolute Gasteiger partial charge is 0.474 e. The molecule has 3 atom stereocenters. The van der Waals surface area contributed by atoms with Crippen LogP contribution >= 0.6 is 0 Å². The van der Waals surface area contributed by atoms with Crippen molar-refractivity contribution in [1.29, 1.82) is 0 Å². The van der Waals surface area contributed by atoms with E-state index in [4.69, 9.17) is 10.5 Å². The Kier molecular flexibility index (Phi) is 5.47. The molecule has 3 aromatic heterocycles. The Labute approximate surface area is 213 Å². The summed E-state index contributed by atoms with van der Waals surface area (Å²) < 4.78 is 22.8. The number of aryl methyl sites for hydroxylation is 1. The fraction of sp³-hybridized carbons (Fsp3) is 0.333. The van der Waals surface area contributed by atoms with Crippen molar-refractivity contribution < 1.29 is 13.9 Å². The number of rotatable bonds is 5. The van der Waals surface area contributed by atoms with E-state index in [9.17, 15) is 4.79 Å². The van der Waals surface area contributed by atoms with Crippen LogP contribution in [0.4, 0.5) is 21.6 Å². The Hall–Kier alpha value is -4.21. The summed E-state index contributed by atoms with van der Waals surface area (Å²) in [6.07, 6.45) is 7.80. The molecule has 0 spiro atoms. The maximum atomic E-state index is 15.4. The number of hydrogen-bond donors (Lipinski definition) is 3. The Morgan fingerprint density at radius 2 is 2.11 bits per heavy atom. The van der Waals surface area contributed by atoms with Crippen molar-refractivity contribution in [2.24, 2.45) is 18.9 Å². The van der Waals surface area contributed by atoms with Crippen molar-refractivity contribution in [2.75, 3.05) is 29.5 Å². The molecule has 190 valence electrons. The van der Waals surface area contributed by atoms with Crippen molar-refractivity contribution in [2.45, 2.75) is 26.2 Å². The van der Waals surface area contributed by atoms with Gasteiger partial charge in [-0.3, -0.25) is 9.48 Å². The quantitative estimate of drug-likeness (QED) is 0.350. The summed E-state index contributed by atoms with van der Waals surface area (Å²) in [7, 11) is 1.87. The minimum absolute atomic E-state index is 0.00379. The number of fused-ring (bicyclic) bond motifs is 2. The maximum Gasteiger partial charge on any atom is 0.237 e. The van der Waals surface area contributed by atoms with Crippen LogP contribution < -0.4 is 21.1 Å². The SMILES string of the molecule is CC[C@H]1[C@H](C(=O)Nc2cc3cc(-c4cnc5c(c4C)NCCO5)c(F)c(N)c3cn2)[C@H]1c1cnn(C)c1. The lowest BCUT2D eigenvalue weighted by molar-refractivity contribution is -0.117. The third-order valence-corrected chi connectivity index (χ3v) is 7.54. The minimum atomic E-state index is -0.532. The van der Waals surface area contributed by atoms with Crippen LogP contribution in [0.3, 0.4) is 0 Å². The molecular weight excluding hydrogens is 473 g/mol. The van der Waals surface area contributed by atoms with Crippen molar-refractivity contribution in [1.82, 2.24) is 19.7 Å². The Bertz CT molecular complexity index is 1550. The van der Waals surface area contributed by atoms with Crippen LogP contribution in [0.2, 0.25) is 0 Å². The first-order valence-electron chi connectivity index (χ1n) is 12.4. The molecule has 4 N–H and O–H groups in total. The van der Waals surface area contributed by atoms with Gasteiger partial charge in [-0.2, -0.15) is 5.10 Å². The Balaban J connectivity index is 1.32. The predicted octanol–water partition coefficient (Wildman–Crippen LogP) is 4.24. The molecule has 4 aromatic rings. The third kappa shape index (κ3) is 3.83. The molecule has 1 aliphatic heterocycles. The molecule has 1 fully saturated rings. The number of nitrogen functional groups attached to an aromatic ring is 1. The number of hydrogen-bond acceptors (Lipinski definition) is 7. The highest BCUT2D eigenvalue weighted by atomic mass is 19.1. The molecule has 9 nitrogen and oxygen atoms in total. The number of benzene rings is 1. The van der Waals surface area contributed by atoms with Gasteiger partial charge in [0.25, 0.3) is 0 Å². The molecule has 1 aromatic carbocycles. The van der Waals surface area contributed by atoms with E-state index in [0.717, 1.165) is 23.2 Å². The average Bonchev–Trinajstić information content (AvgIpc) is 3.49. The second-order valence-corrected chi connectivity index (χ2v) is 9.75. The van der Waals surface area contributed by atoms with Gasteiger partial charge < -0.3 is 21.1 Å². The molecular formula is C27H28FN7O2. The molecule has 2 aliphatic rings. The first-order chi connectivity index (χ1) is 17.9. The number of nitrogens with one attached hydrogen (secondary N) is 2. The molecule has 1 saturated carbocycles. The zero-order chi connectivity index (χ0) is 25.8. The number of anilines is 3. The van der Waals surface area contributed by atoms with Crippen LogP contribution in [0.5, 0.6) is 5.88 Å². The highest BCUT2D eigenvalue weighted by Crippen LogP contribution is 2.56. The maximum absolute atomic E-state index is 15.4. The van der Waals surface area contributed by atoms with Crippen molar-refractivity contribution in [3.63, 3.8) is 0 Å². The topological polar surface area (TPSA) is 120 Å². The van der Waals surface area contributed by atoms with Gasteiger partial charge in [0.15, 0.2) is 5.82 Å². The van der Waals surface area contributed by atoms with E-state index < -0.39 is 5.82 Å². The smallest absolute Gasteiger partial charge is 0.237 e. The normalized spacial score (nSPS) is 20.2. The van der Waals surface area contributed by atoms with E-state index in [1.54, 1.807) is 23.0 Å². The van der Waals surface area contributed by atoms with Crippen molar-refractivity contribution in [3.8, 4) is 17.0 Å². The second kappa shape index (κ2) is 8.72. The first-order valence-corrected chi connectivity index (χ1v) is 12.4. The number of nitrogens with two attached hydrogens (primary N) is 1. The number of ether oxygens (including phenoxy) is 1. The second-order valence-electron chi connectivity index (χ2n) is 9.75. The van der Waals surface area contributed by atoms with Crippen LogP contribution in [0.15, 0.2) is 36.9 Å². The van der Waals surface area contributed by atoms with E-state index in [-0.39, 0.29) is 29.3 Å². The lowest BCUT2D eigenvalue weighted by Gasteiger charge is -2.22. The number of pyridine rings is 2. The van der Waals surface area contributed by atoms with Crippen LogP contribution in [-0.4, -0.2) is 38.8 Å². The van der Waals surface area contributed by atoms with Crippen molar-refractivity contribution in [3.05, 3.63) is 53.9 Å². The molecule has 0 unspecified atom stereocenters. The van der Waals surface area contributed by atoms with E-state index >= 15 is 4.39 Å². The van der Waals surface area contributed by atoms with Crippen LogP contribution in [-0.2, 0) is 11.8 Å². The Morgan fingerprint density at radius 3 is 2.86 bits per heavy atom. The fourth-order valence-electron chi connectivity index (χ4n) is 5.57. The molecule has 0 radical (unpaired) electrons. The number of carbonyl (C=O) groups is 1. The zero-order valence-electron chi connectivity index (χ0n) is 20.9. The average molecular weight is 502 g/mol. The molecule has 1 aliphatic carbocycles. The van der Waals surface area contributed by atoms with Gasteiger partial charge in [-0.05, 0) is 41.5 Å². The number of carbonyl (C=O) groups excluding carboxylic acids is 1. The fourth-order valence-corrected chi connectivity index (χ4v) is 5.57. The summed E-state index contributed by atoms with van der Waals surface area (Å²) in [6, 6.07) is 3.46. The number of nitrogens with zero attached hydrogens (tertiary/aromatic N) is 4. The van der Waals surface area contributed by atoms with Gasteiger partial charge in [-0.15, -0.1) is 0 Å². The highest BCUT2D eigenvalue weighted by molar-refractivity contribution is 6.01. The monoisotopic (exact) mass is 501 g/mol. The molecule has 37 heavy (non-hydrogen) atoms. The summed E-state index contributed by atoms with van der Waals surface area (Å²) in [5, 5.41) is 11.6. The highest BCUT2D eigenvalue weighted by Gasteiger charge is 2.54. The van der Waals surface area contributed by atoms with E-state index in [0.29, 0.717) is 46.7 Å². The first kappa shape index (κ1) is 23.2. The number of aromatic nitrogens is 4. The van der Waals surface area contributed by atoms with Gasteiger partial charge in [0.2, 0.25) is 11.8 Å². The Morgan fingerprint density at radius 1 is 1.27 bits per heavy atom. The van der Waals surface area contributed by atoms with Crippen LogP contribution in [0.1, 0.15) is 30.4 Å².